The maximum atomic E-state index is 3.82. The minimum absolute atomic E-state index is 0.800. The van der Waals surface area contributed by atoms with Gasteiger partial charge in [-0.25, -0.2) is 0 Å². The van der Waals surface area contributed by atoms with Gasteiger partial charge in [0.25, 0.3) is 0 Å². The molecule has 0 aromatic heterocycles. The highest BCUT2D eigenvalue weighted by Gasteiger charge is 2.34. The summed E-state index contributed by atoms with van der Waals surface area (Å²) >= 11 is 0. The van der Waals surface area contributed by atoms with E-state index in [0.29, 0.717) is 0 Å². The molecule has 0 radical (unpaired) electrons. The Kier molecular flexibility index (Phi) is 4.07. The molecule has 0 amide bonds. The average molecular weight is 209 g/mol. The van der Waals surface area contributed by atoms with Gasteiger partial charge in [0.15, 0.2) is 0 Å². The molecule has 3 unspecified atom stereocenters. The van der Waals surface area contributed by atoms with Crippen LogP contribution in [0.15, 0.2) is 0 Å². The third-order valence-corrected chi connectivity index (χ3v) is 4.36. The first kappa shape index (κ1) is 11.4. The second kappa shape index (κ2) is 5.34. The zero-order valence-electron chi connectivity index (χ0n) is 10.5. The lowest BCUT2D eigenvalue weighted by atomic mass is 9.68. The molecule has 88 valence electrons. The van der Waals surface area contributed by atoms with Crippen LogP contribution in [0.25, 0.3) is 0 Å². The second-order valence-corrected chi connectivity index (χ2v) is 6.05. The first-order valence-electron chi connectivity index (χ1n) is 7.00. The van der Waals surface area contributed by atoms with Gasteiger partial charge in [0.2, 0.25) is 0 Å². The summed E-state index contributed by atoms with van der Waals surface area (Å²) in [4.78, 5) is 0. The molecule has 0 aromatic carbocycles. The normalized spacial score (nSPS) is 36.6. The zero-order chi connectivity index (χ0) is 10.7. The summed E-state index contributed by atoms with van der Waals surface area (Å²) in [5.74, 6) is 2.89. The number of rotatable bonds is 3. The molecule has 1 N–H and O–H groups in total. The molecule has 0 bridgehead atoms. The number of hydrogen-bond donors (Lipinski definition) is 1. The molecule has 3 atom stereocenters. The summed E-state index contributed by atoms with van der Waals surface area (Å²) in [7, 11) is 0. The van der Waals surface area contributed by atoms with Gasteiger partial charge < -0.3 is 5.32 Å². The molecule has 0 heterocycles. The fourth-order valence-corrected chi connectivity index (χ4v) is 3.58. The van der Waals surface area contributed by atoms with Gasteiger partial charge in [0.1, 0.15) is 0 Å². The van der Waals surface area contributed by atoms with E-state index in [1.165, 1.54) is 51.5 Å². The molecule has 0 aromatic rings. The highest BCUT2D eigenvalue weighted by molar-refractivity contribution is 4.89. The van der Waals surface area contributed by atoms with E-state index in [-0.39, 0.29) is 0 Å². The molecular weight excluding hydrogens is 182 g/mol. The monoisotopic (exact) mass is 209 g/mol. The molecule has 0 saturated heterocycles. The lowest BCUT2D eigenvalue weighted by Gasteiger charge is -2.42. The zero-order valence-corrected chi connectivity index (χ0v) is 10.5. The van der Waals surface area contributed by atoms with Crippen LogP contribution in [0.2, 0.25) is 0 Å². The van der Waals surface area contributed by atoms with Crippen LogP contribution in [-0.2, 0) is 0 Å². The standard InChI is InChI=1S/C14H27N/c1-11(2)10-15-14-9-5-7-12-6-3-4-8-13(12)14/h11-15H,3-10H2,1-2H3. The van der Waals surface area contributed by atoms with Crippen molar-refractivity contribution in [2.45, 2.75) is 64.8 Å². The third-order valence-electron chi connectivity index (χ3n) is 4.36. The van der Waals surface area contributed by atoms with Crippen molar-refractivity contribution in [3.63, 3.8) is 0 Å². The maximum absolute atomic E-state index is 3.82. The molecule has 2 aliphatic rings. The summed E-state index contributed by atoms with van der Waals surface area (Å²) in [6, 6.07) is 0.853. The maximum Gasteiger partial charge on any atom is 0.00980 e. The van der Waals surface area contributed by atoms with Crippen LogP contribution in [0.5, 0.6) is 0 Å². The Labute approximate surface area is 95.0 Å². The van der Waals surface area contributed by atoms with Crippen molar-refractivity contribution < 1.29 is 0 Å². The molecule has 0 spiro atoms. The van der Waals surface area contributed by atoms with E-state index in [9.17, 15) is 0 Å². The van der Waals surface area contributed by atoms with Crippen LogP contribution in [0.4, 0.5) is 0 Å². The molecular formula is C14H27N. The first-order chi connectivity index (χ1) is 7.27. The topological polar surface area (TPSA) is 12.0 Å². The average Bonchev–Trinajstić information content (AvgIpc) is 2.26. The molecule has 1 nitrogen and oxygen atoms in total. The van der Waals surface area contributed by atoms with Gasteiger partial charge in [-0.2, -0.15) is 0 Å². The van der Waals surface area contributed by atoms with E-state index in [1.807, 2.05) is 0 Å². The molecule has 2 aliphatic carbocycles. The Bertz CT molecular complexity index is 186. The van der Waals surface area contributed by atoms with Crippen LogP contribution in [-0.4, -0.2) is 12.6 Å². The number of fused-ring (bicyclic) bond motifs is 1. The SMILES string of the molecule is CC(C)CNC1CCCC2CCCCC21. The fraction of sp³-hybridized carbons (Fsp3) is 1.00. The van der Waals surface area contributed by atoms with Crippen molar-refractivity contribution in [1.29, 1.82) is 0 Å². The molecule has 2 saturated carbocycles. The van der Waals surface area contributed by atoms with E-state index in [1.54, 1.807) is 0 Å². The van der Waals surface area contributed by atoms with Gasteiger partial charge in [-0.3, -0.25) is 0 Å². The van der Waals surface area contributed by atoms with E-state index in [0.717, 1.165) is 23.8 Å². The quantitative estimate of drug-likeness (QED) is 0.749. The Balaban J connectivity index is 1.86. The summed E-state index contributed by atoms with van der Waals surface area (Å²) in [5, 5.41) is 3.82. The predicted octanol–water partition coefficient (Wildman–Crippen LogP) is 3.59. The van der Waals surface area contributed by atoms with Crippen LogP contribution >= 0.6 is 0 Å². The molecule has 15 heavy (non-hydrogen) atoms. The smallest absolute Gasteiger partial charge is 0.00980 e. The van der Waals surface area contributed by atoms with Crippen molar-refractivity contribution in [1.82, 2.24) is 5.32 Å². The number of nitrogens with one attached hydrogen (secondary N) is 1. The van der Waals surface area contributed by atoms with Gasteiger partial charge in [-0.05, 0) is 37.1 Å². The lowest BCUT2D eigenvalue weighted by Crippen LogP contribution is -2.45. The van der Waals surface area contributed by atoms with Crippen molar-refractivity contribution in [2.75, 3.05) is 6.54 Å². The predicted molar refractivity (Wildman–Crippen MR) is 65.9 cm³/mol. The Morgan fingerprint density at radius 3 is 2.53 bits per heavy atom. The second-order valence-electron chi connectivity index (χ2n) is 6.05. The third kappa shape index (κ3) is 2.96. The van der Waals surface area contributed by atoms with Crippen molar-refractivity contribution >= 4 is 0 Å². The molecule has 2 rings (SSSR count). The van der Waals surface area contributed by atoms with E-state index in [4.69, 9.17) is 0 Å². The first-order valence-corrected chi connectivity index (χ1v) is 7.00. The lowest BCUT2D eigenvalue weighted by molar-refractivity contribution is 0.124. The largest absolute Gasteiger partial charge is 0.313 e. The Morgan fingerprint density at radius 1 is 1.00 bits per heavy atom. The van der Waals surface area contributed by atoms with Gasteiger partial charge in [-0.15, -0.1) is 0 Å². The van der Waals surface area contributed by atoms with Crippen LogP contribution in [0.3, 0.4) is 0 Å². The van der Waals surface area contributed by atoms with Crippen LogP contribution in [0.1, 0.15) is 58.8 Å². The van der Waals surface area contributed by atoms with Crippen molar-refractivity contribution in [3.05, 3.63) is 0 Å². The Hall–Kier alpha value is -0.0400. The van der Waals surface area contributed by atoms with Gasteiger partial charge in [-0.1, -0.05) is 46.0 Å². The van der Waals surface area contributed by atoms with Crippen LogP contribution < -0.4 is 5.32 Å². The van der Waals surface area contributed by atoms with Crippen molar-refractivity contribution in [3.8, 4) is 0 Å². The highest BCUT2D eigenvalue weighted by atomic mass is 14.9. The van der Waals surface area contributed by atoms with E-state index < -0.39 is 0 Å². The molecule has 2 fully saturated rings. The summed E-state index contributed by atoms with van der Waals surface area (Å²) in [6.45, 7) is 5.84. The molecule has 1 heteroatoms. The highest BCUT2D eigenvalue weighted by Crippen LogP contribution is 2.40. The Morgan fingerprint density at radius 2 is 1.73 bits per heavy atom. The minimum atomic E-state index is 0.800. The van der Waals surface area contributed by atoms with E-state index in [2.05, 4.69) is 19.2 Å². The number of hydrogen-bond acceptors (Lipinski definition) is 1. The minimum Gasteiger partial charge on any atom is -0.313 e. The van der Waals surface area contributed by atoms with Crippen molar-refractivity contribution in [2.24, 2.45) is 17.8 Å². The summed E-state index contributed by atoms with van der Waals surface area (Å²) in [5.41, 5.74) is 0. The summed E-state index contributed by atoms with van der Waals surface area (Å²) < 4.78 is 0. The fourth-order valence-electron chi connectivity index (χ4n) is 3.58. The van der Waals surface area contributed by atoms with Crippen LogP contribution in [0, 0.1) is 17.8 Å². The van der Waals surface area contributed by atoms with E-state index >= 15 is 0 Å². The summed E-state index contributed by atoms with van der Waals surface area (Å²) in [6.07, 6.45) is 10.4. The van der Waals surface area contributed by atoms with Gasteiger partial charge >= 0.3 is 0 Å². The molecule has 0 aliphatic heterocycles. The van der Waals surface area contributed by atoms with Gasteiger partial charge in [0.05, 0.1) is 0 Å². The van der Waals surface area contributed by atoms with Gasteiger partial charge in [0, 0.05) is 6.04 Å².